The second-order valence-corrected chi connectivity index (χ2v) is 8.74. The van der Waals surface area contributed by atoms with Crippen LogP contribution in [0.3, 0.4) is 0 Å². The number of hydrogen-bond donors (Lipinski definition) is 1. The Kier molecular flexibility index (Phi) is 8.74. The molecule has 170 valence electrons. The van der Waals surface area contributed by atoms with Gasteiger partial charge in [-0.25, -0.2) is 4.99 Å². The Morgan fingerprint density at radius 1 is 1.03 bits per heavy atom. The number of nitrogens with zero attached hydrogens (tertiary/aromatic N) is 5. The maximum Gasteiger partial charge on any atom is 0.243 e. The van der Waals surface area contributed by atoms with Gasteiger partial charge in [0.25, 0.3) is 0 Å². The number of likely N-dealkylation sites (N-methyl/N-ethyl adjacent to an activating group) is 1. The molecule has 1 atom stereocenters. The van der Waals surface area contributed by atoms with Crippen LogP contribution in [0.5, 0.6) is 0 Å². The summed E-state index contributed by atoms with van der Waals surface area (Å²) in [5.74, 6) is 1.53. The maximum absolute atomic E-state index is 12.6. The monoisotopic (exact) mass is 422 g/mol. The molecule has 30 heavy (non-hydrogen) atoms. The average molecular weight is 423 g/mol. The van der Waals surface area contributed by atoms with Gasteiger partial charge in [0, 0.05) is 72.4 Å². The minimum absolute atomic E-state index is 0.00994. The summed E-state index contributed by atoms with van der Waals surface area (Å²) in [7, 11) is 3.50. The maximum atomic E-state index is 12.6. The van der Waals surface area contributed by atoms with Crippen LogP contribution < -0.4 is 5.32 Å². The third-order valence-corrected chi connectivity index (χ3v) is 6.18. The molecule has 9 heteroatoms. The van der Waals surface area contributed by atoms with Crippen molar-refractivity contribution in [3.05, 3.63) is 0 Å². The molecule has 0 saturated carbocycles. The van der Waals surface area contributed by atoms with Gasteiger partial charge in [0.15, 0.2) is 5.96 Å². The van der Waals surface area contributed by atoms with Crippen LogP contribution in [0.2, 0.25) is 0 Å². The number of carbonyl (C=O) groups is 2. The smallest absolute Gasteiger partial charge is 0.243 e. The molecular formula is C21H38N6O3. The topological polar surface area (TPSA) is 80.7 Å². The van der Waals surface area contributed by atoms with E-state index in [1.807, 2.05) is 4.90 Å². The summed E-state index contributed by atoms with van der Waals surface area (Å²) in [4.78, 5) is 37.2. The van der Waals surface area contributed by atoms with E-state index in [0.717, 1.165) is 84.2 Å². The van der Waals surface area contributed by atoms with Crippen molar-refractivity contribution in [2.45, 2.75) is 25.7 Å². The van der Waals surface area contributed by atoms with E-state index >= 15 is 0 Å². The van der Waals surface area contributed by atoms with Gasteiger partial charge in [-0.3, -0.25) is 14.5 Å². The summed E-state index contributed by atoms with van der Waals surface area (Å²) in [6, 6.07) is 0. The second kappa shape index (κ2) is 11.5. The Morgan fingerprint density at radius 3 is 2.40 bits per heavy atom. The molecule has 1 N–H and O–H groups in total. The van der Waals surface area contributed by atoms with Crippen molar-refractivity contribution < 1.29 is 14.3 Å². The van der Waals surface area contributed by atoms with Crippen LogP contribution >= 0.6 is 0 Å². The zero-order valence-electron chi connectivity index (χ0n) is 18.6. The highest BCUT2D eigenvalue weighted by atomic mass is 16.5. The molecule has 0 aliphatic carbocycles. The number of carbonyl (C=O) groups excluding carboxylic acids is 2. The summed E-state index contributed by atoms with van der Waals surface area (Å²) in [6.07, 6.45) is 4.55. The summed E-state index contributed by atoms with van der Waals surface area (Å²) in [6.45, 7) is 8.13. The fourth-order valence-electron chi connectivity index (χ4n) is 4.08. The average Bonchev–Trinajstić information content (AvgIpc) is 3.28. The Labute approximate surface area is 180 Å². The number of aliphatic imine (C=N–C) groups is 1. The van der Waals surface area contributed by atoms with E-state index in [4.69, 9.17) is 4.74 Å². The number of rotatable bonds is 6. The molecule has 0 bridgehead atoms. The third-order valence-electron chi connectivity index (χ3n) is 6.18. The first kappa shape index (κ1) is 22.8. The quantitative estimate of drug-likeness (QED) is 0.467. The van der Waals surface area contributed by atoms with Crippen LogP contribution in [0.1, 0.15) is 25.7 Å². The summed E-state index contributed by atoms with van der Waals surface area (Å²) in [5.41, 5.74) is 0. The van der Waals surface area contributed by atoms with Crippen molar-refractivity contribution in [3.63, 3.8) is 0 Å². The molecule has 0 aromatic rings. The van der Waals surface area contributed by atoms with Crippen LogP contribution in [0, 0.1) is 5.92 Å². The van der Waals surface area contributed by atoms with Crippen molar-refractivity contribution in [1.82, 2.24) is 24.9 Å². The molecule has 0 aromatic heterocycles. The number of piperidine rings is 1. The standard InChI is InChI=1S/C21H38N6O3/c1-24(2)19(28)15-23-21(22-14-18-6-13-30-17-18)27-11-9-25(10-12-27)16-20(29)26-7-4-3-5-8-26/h18H,3-17H2,1-2H3,(H,22,23). The molecule has 9 nitrogen and oxygen atoms in total. The van der Waals surface area contributed by atoms with Gasteiger partial charge in [-0.2, -0.15) is 0 Å². The lowest BCUT2D eigenvalue weighted by molar-refractivity contribution is -0.133. The number of piperazine rings is 1. The minimum Gasteiger partial charge on any atom is -0.381 e. The van der Waals surface area contributed by atoms with Crippen molar-refractivity contribution in [2.24, 2.45) is 10.9 Å². The molecule has 3 rings (SSSR count). The zero-order chi connectivity index (χ0) is 21.3. The number of ether oxygens (including phenoxy) is 1. The molecule has 0 radical (unpaired) electrons. The van der Waals surface area contributed by atoms with Crippen LogP contribution in [0.4, 0.5) is 0 Å². The first-order valence-corrected chi connectivity index (χ1v) is 11.3. The number of hydrogen-bond acceptors (Lipinski definition) is 5. The lowest BCUT2D eigenvalue weighted by Crippen LogP contribution is -2.55. The van der Waals surface area contributed by atoms with E-state index in [2.05, 4.69) is 20.1 Å². The van der Waals surface area contributed by atoms with Gasteiger partial charge in [-0.05, 0) is 25.7 Å². The van der Waals surface area contributed by atoms with Crippen LogP contribution in [0.15, 0.2) is 4.99 Å². The Morgan fingerprint density at radius 2 is 1.77 bits per heavy atom. The van der Waals surface area contributed by atoms with Crippen LogP contribution in [-0.4, -0.2) is 124 Å². The van der Waals surface area contributed by atoms with Gasteiger partial charge < -0.3 is 24.8 Å². The van der Waals surface area contributed by atoms with Gasteiger partial charge in [-0.15, -0.1) is 0 Å². The molecule has 1 unspecified atom stereocenters. The van der Waals surface area contributed by atoms with Crippen molar-refractivity contribution in [3.8, 4) is 0 Å². The predicted octanol–water partition coefficient (Wildman–Crippen LogP) is -0.313. The molecular weight excluding hydrogens is 384 g/mol. The molecule has 0 aromatic carbocycles. The third kappa shape index (κ3) is 6.84. The van der Waals surface area contributed by atoms with E-state index in [-0.39, 0.29) is 18.4 Å². The molecule has 3 fully saturated rings. The van der Waals surface area contributed by atoms with E-state index in [0.29, 0.717) is 12.5 Å². The van der Waals surface area contributed by atoms with Gasteiger partial charge in [0.05, 0.1) is 13.2 Å². The lowest BCUT2D eigenvalue weighted by Gasteiger charge is -2.37. The highest BCUT2D eigenvalue weighted by Gasteiger charge is 2.25. The first-order chi connectivity index (χ1) is 14.5. The molecule has 0 spiro atoms. The van der Waals surface area contributed by atoms with Crippen LogP contribution in [0.25, 0.3) is 0 Å². The number of nitrogens with one attached hydrogen (secondary N) is 1. The van der Waals surface area contributed by atoms with E-state index in [1.54, 1.807) is 19.0 Å². The predicted molar refractivity (Wildman–Crippen MR) is 116 cm³/mol. The number of guanidine groups is 1. The zero-order valence-corrected chi connectivity index (χ0v) is 18.6. The van der Waals surface area contributed by atoms with Crippen molar-refractivity contribution in [1.29, 1.82) is 0 Å². The first-order valence-electron chi connectivity index (χ1n) is 11.3. The highest BCUT2D eigenvalue weighted by molar-refractivity contribution is 5.85. The molecule has 3 aliphatic rings. The summed E-state index contributed by atoms with van der Waals surface area (Å²) in [5, 5.41) is 3.46. The fraction of sp³-hybridized carbons (Fsp3) is 0.857. The van der Waals surface area contributed by atoms with E-state index < -0.39 is 0 Å². The van der Waals surface area contributed by atoms with Crippen LogP contribution in [-0.2, 0) is 14.3 Å². The summed E-state index contributed by atoms with van der Waals surface area (Å²) >= 11 is 0. The number of likely N-dealkylation sites (tertiary alicyclic amines) is 1. The van der Waals surface area contributed by atoms with Gasteiger partial charge in [0.1, 0.15) is 6.54 Å². The normalized spacial score (nSPS) is 23.5. The largest absolute Gasteiger partial charge is 0.381 e. The highest BCUT2D eigenvalue weighted by Crippen LogP contribution is 2.12. The SMILES string of the molecule is CN(C)C(=O)CN=C(NCC1CCOC1)N1CCN(CC(=O)N2CCCCC2)CC1. The molecule has 3 aliphatic heterocycles. The van der Waals surface area contributed by atoms with E-state index in [9.17, 15) is 9.59 Å². The van der Waals surface area contributed by atoms with Crippen molar-refractivity contribution >= 4 is 17.8 Å². The molecule has 3 heterocycles. The lowest BCUT2D eigenvalue weighted by atomic mass is 10.1. The van der Waals surface area contributed by atoms with E-state index in [1.165, 1.54) is 6.42 Å². The fourth-order valence-corrected chi connectivity index (χ4v) is 4.08. The number of amides is 2. The minimum atomic E-state index is -0.00994. The second-order valence-electron chi connectivity index (χ2n) is 8.74. The molecule has 3 saturated heterocycles. The summed E-state index contributed by atoms with van der Waals surface area (Å²) < 4.78 is 5.47. The Balaban J connectivity index is 1.50. The van der Waals surface area contributed by atoms with Gasteiger partial charge >= 0.3 is 0 Å². The van der Waals surface area contributed by atoms with Crippen molar-refractivity contribution in [2.75, 3.05) is 86.2 Å². The van der Waals surface area contributed by atoms with Gasteiger partial charge in [-0.1, -0.05) is 0 Å². The molecule has 2 amide bonds. The van der Waals surface area contributed by atoms with Gasteiger partial charge in [0.2, 0.25) is 11.8 Å². The Hall–Kier alpha value is -1.87. The Bertz CT molecular complexity index is 592.